The van der Waals surface area contributed by atoms with Gasteiger partial charge >= 0.3 is 5.97 Å². The van der Waals surface area contributed by atoms with Crippen molar-refractivity contribution in [2.75, 3.05) is 13.7 Å². The third kappa shape index (κ3) is 2.58. The summed E-state index contributed by atoms with van der Waals surface area (Å²) in [6.07, 6.45) is 3.64. The molecule has 1 saturated carbocycles. The number of amides is 1. The molecule has 5 heteroatoms. The van der Waals surface area contributed by atoms with Crippen molar-refractivity contribution < 1.29 is 19.4 Å². The van der Waals surface area contributed by atoms with E-state index in [1.807, 2.05) is 6.07 Å². The van der Waals surface area contributed by atoms with Gasteiger partial charge in [0, 0.05) is 23.9 Å². The molecule has 1 aromatic carbocycles. The molecule has 0 unspecified atom stereocenters. The molecule has 1 saturated heterocycles. The van der Waals surface area contributed by atoms with Crippen molar-refractivity contribution in [2.24, 2.45) is 17.3 Å². The molecule has 2 fully saturated rings. The predicted octanol–water partition coefficient (Wildman–Crippen LogP) is 3.42. The van der Waals surface area contributed by atoms with Crippen molar-refractivity contribution in [3.05, 3.63) is 29.3 Å². The normalized spacial score (nSPS) is 33.3. The Hall–Kier alpha value is -2.04. The van der Waals surface area contributed by atoms with Crippen LogP contribution in [0.3, 0.4) is 0 Å². The molecule has 2 aliphatic carbocycles. The minimum Gasteiger partial charge on any atom is -0.508 e. The van der Waals surface area contributed by atoms with Crippen LogP contribution in [0.1, 0.15) is 57.6 Å². The Bertz CT molecular complexity index is 817. The topological polar surface area (TPSA) is 66.8 Å². The molecule has 4 atom stereocenters. The van der Waals surface area contributed by atoms with E-state index >= 15 is 0 Å². The maximum absolute atomic E-state index is 13.5. The summed E-state index contributed by atoms with van der Waals surface area (Å²) in [6, 6.07) is 5.87. The largest absolute Gasteiger partial charge is 0.508 e. The first-order valence-electron chi connectivity index (χ1n) is 10.4. The number of hydrogen-bond donors (Lipinski definition) is 1. The first kappa shape index (κ1) is 19.3. The van der Waals surface area contributed by atoms with E-state index in [0.717, 1.165) is 31.4 Å². The fourth-order valence-corrected chi connectivity index (χ4v) is 6.01. The fraction of sp³-hybridized carbons (Fsp3) is 0.652. The quantitative estimate of drug-likeness (QED) is 0.792. The molecule has 5 nitrogen and oxygen atoms in total. The number of ether oxygens (including phenoxy) is 1. The number of piperidine rings is 1. The van der Waals surface area contributed by atoms with Gasteiger partial charge in [-0.2, -0.15) is 0 Å². The Morgan fingerprint density at radius 1 is 1.18 bits per heavy atom. The lowest BCUT2D eigenvalue weighted by Crippen LogP contribution is -2.65. The Morgan fingerprint density at radius 2 is 1.89 bits per heavy atom. The standard InChI is InChI=1S/C23H31NO4/c1-22(2)19-13-16-17(6-5-7-18(16)25)23(22,3)10-11-24(19)20(26)14-8-9-15(12-14)21(27)28-4/h5-7,14-15,19,25H,8-13H2,1-4H3/t14-,15+,19-,23+/m1/s1. The summed E-state index contributed by atoms with van der Waals surface area (Å²) in [4.78, 5) is 27.4. The Balaban J connectivity index is 1.63. The number of methoxy groups -OCH3 is 1. The molecule has 1 amide bonds. The molecule has 0 radical (unpaired) electrons. The van der Waals surface area contributed by atoms with Gasteiger partial charge in [-0.15, -0.1) is 0 Å². The summed E-state index contributed by atoms with van der Waals surface area (Å²) in [5.41, 5.74) is 2.05. The van der Waals surface area contributed by atoms with Crippen molar-refractivity contribution in [3.63, 3.8) is 0 Å². The number of nitrogens with zero attached hydrogens (tertiary/aromatic N) is 1. The van der Waals surface area contributed by atoms with Gasteiger partial charge in [0.1, 0.15) is 5.75 Å². The van der Waals surface area contributed by atoms with Crippen LogP contribution in [-0.4, -0.2) is 41.6 Å². The molecule has 1 heterocycles. The number of carbonyl (C=O) groups is 2. The maximum Gasteiger partial charge on any atom is 0.308 e. The zero-order valence-electron chi connectivity index (χ0n) is 17.3. The highest BCUT2D eigenvalue weighted by Crippen LogP contribution is 2.57. The van der Waals surface area contributed by atoms with E-state index < -0.39 is 0 Å². The Labute approximate surface area is 167 Å². The summed E-state index contributed by atoms with van der Waals surface area (Å²) < 4.78 is 4.88. The molecular weight excluding hydrogens is 354 g/mol. The van der Waals surface area contributed by atoms with Crippen LogP contribution >= 0.6 is 0 Å². The number of aromatic hydroxyl groups is 1. The van der Waals surface area contributed by atoms with Crippen molar-refractivity contribution >= 4 is 11.9 Å². The lowest BCUT2D eigenvalue weighted by molar-refractivity contribution is -0.148. The van der Waals surface area contributed by atoms with E-state index in [0.29, 0.717) is 18.6 Å². The second-order valence-corrected chi connectivity index (χ2v) is 9.59. The van der Waals surface area contributed by atoms with E-state index in [9.17, 15) is 14.7 Å². The molecule has 3 aliphatic rings. The molecular formula is C23H31NO4. The number of fused-ring (bicyclic) bond motifs is 4. The highest BCUT2D eigenvalue weighted by molar-refractivity contribution is 5.82. The van der Waals surface area contributed by atoms with Crippen LogP contribution in [0.5, 0.6) is 5.75 Å². The van der Waals surface area contributed by atoms with Crippen molar-refractivity contribution in [1.29, 1.82) is 0 Å². The number of carbonyl (C=O) groups excluding carboxylic acids is 2. The van der Waals surface area contributed by atoms with Crippen molar-refractivity contribution in [1.82, 2.24) is 4.90 Å². The fourth-order valence-electron chi connectivity index (χ4n) is 6.01. The third-order valence-corrected chi connectivity index (χ3v) is 8.23. The molecule has 1 aromatic rings. The van der Waals surface area contributed by atoms with Gasteiger partial charge in [-0.3, -0.25) is 9.59 Å². The number of likely N-dealkylation sites (tertiary alicyclic amines) is 1. The Morgan fingerprint density at radius 3 is 2.61 bits per heavy atom. The number of benzene rings is 1. The average Bonchev–Trinajstić information content (AvgIpc) is 3.14. The summed E-state index contributed by atoms with van der Waals surface area (Å²) in [5.74, 6) is 0.0575. The van der Waals surface area contributed by atoms with Crippen LogP contribution in [0.2, 0.25) is 0 Å². The van der Waals surface area contributed by atoms with Crippen LogP contribution in [0.4, 0.5) is 0 Å². The molecule has 28 heavy (non-hydrogen) atoms. The second-order valence-electron chi connectivity index (χ2n) is 9.59. The van der Waals surface area contributed by atoms with Crippen molar-refractivity contribution in [3.8, 4) is 5.75 Å². The molecule has 4 rings (SSSR count). The van der Waals surface area contributed by atoms with Gasteiger partial charge in [0.15, 0.2) is 0 Å². The molecule has 152 valence electrons. The average molecular weight is 386 g/mol. The minimum absolute atomic E-state index is 0.0525. The maximum atomic E-state index is 13.5. The van der Waals surface area contributed by atoms with Gasteiger partial charge in [0.2, 0.25) is 5.91 Å². The minimum atomic E-state index is -0.196. The number of rotatable bonds is 2. The lowest BCUT2D eigenvalue weighted by Gasteiger charge is -2.61. The van der Waals surface area contributed by atoms with Crippen LogP contribution in [-0.2, 0) is 26.2 Å². The summed E-state index contributed by atoms with van der Waals surface area (Å²) in [6.45, 7) is 7.53. The molecule has 2 bridgehead atoms. The van der Waals surface area contributed by atoms with Gasteiger partial charge in [0.05, 0.1) is 13.0 Å². The van der Waals surface area contributed by atoms with Crippen LogP contribution in [0.25, 0.3) is 0 Å². The van der Waals surface area contributed by atoms with Crippen LogP contribution in [0, 0.1) is 17.3 Å². The highest BCUT2D eigenvalue weighted by Gasteiger charge is 2.57. The molecule has 1 N–H and O–H groups in total. The molecule has 0 spiro atoms. The number of phenols is 1. The highest BCUT2D eigenvalue weighted by atomic mass is 16.5. The van der Waals surface area contributed by atoms with E-state index in [2.05, 4.69) is 31.7 Å². The zero-order valence-corrected chi connectivity index (χ0v) is 17.3. The monoisotopic (exact) mass is 385 g/mol. The van der Waals surface area contributed by atoms with Gasteiger partial charge in [-0.05, 0) is 54.7 Å². The summed E-state index contributed by atoms with van der Waals surface area (Å²) in [7, 11) is 1.41. The van der Waals surface area contributed by atoms with Crippen LogP contribution in [0.15, 0.2) is 18.2 Å². The smallest absolute Gasteiger partial charge is 0.308 e. The van der Waals surface area contributed by atoms with Crippen molar-refractivity contribution in [2.45, 2.75) is 64.3 Å². The summed E-state index contributed by atoms with van der Waals surface area (Å²) in [5, 5.41) is 10.5. The Kier molecular flexibility index (Phi) is 4.48. The van der Waals surface area contributed by atoms with Crippen LogP contribution < -0.4 is 0 Å². The van der Waals surface area contributed by atoms with E-state index in [-0.39, 0.29) is 40.6 Å². The third-order valence-electron chi connectivity index (χ3n) is 8.23. The van der Waals surface area contributed by atoms with E-state index in [1.165, 1.54) is 12.7 Å². The predicted molar refractivity (Wildman–Crippen MR) is 106 cm³/mol. The van der Waals surface area contributed by atoms with Gasteiger partial charge in [-0.1, -0.05) is 32.9 Å². The first-order valence-corrected chi connectivity index (χ1v) is 10.4. The number of esters is 1. The molecule has 1 aliphatic heterocycles. The molecule has 0 aromatic heterocycles. The first-order chi connectivity index (χ1) is 13.2. The van der Waals surface area contributed by atoms with Gasteiger partial charge in [0.25, 0.3) is 0 Å². The van der Waals surface area contributed by atoms with Gasteiger partial charge in [-0.25, -0.2) is 0 Å². The second kappa shape index (κ2) is 6.50. The number of phenolic OH excluding ortho intramolecular Hbond substituents is 1. The van der Waals surface area contributed by atoms with E-state index in [1.54, 1.807) is 6.07 Å². The van der Waals surface area contributed by atoms with Gasteiger partial charge < -0.3 is 14.7 Å². The summed E-state index contributed by atoms with van der Waals surface area (Å²) >= 11 is 0. The lowest BCUT2D eigenvalue weighted by atomic mass is 9.51. The SMILES string of the molecule is COC(=O)[C@H]1CC[C@@H](C(=O)N2CC[C@@]3(C)c4cccc(O)c4C[C@@H]2C3(C)C)C1. The number of hydrogen-bond acceptors (Lipinski definition) is 4. The van der Waals surface area contributed by atoms with E-state index in [4.69, 9.17) is 4.74 Å². The zero-order chi connectivity index (χ0) is 20.3.